The number of hydrogen-bond donors (Lipinski definition) is 0. The number of hydrogen-bond acceptors (Lipinski definition) is 9. The largest absolute Gasteiger partial charge is 0.497 e. The Kier molecular flexibility index (Phi) is 9.41. The van der Waals surface area contributed by atoms with Gasteiger partial charge >= 0.3 is 5.97 Å². The molecule has 0 amide bonds. The summed E-state index contributed by atoms with van der Waals surface area (Å²) in [6, 6.07) is 17.2. The number of nitrogens with zero attached hydrogens (tertiary/aromatic N) is 2. The Hall–Kier alpha value is -4.54. The summed E-state index contributed by atoms with van der Waals surface area (Å²) in [4.78, 5) is 32.4. The molecule has 3 aromatic carbocycles. The van der Waals surface area contributed by atoms with Crippen molar-refractivity contribution in [2.45, 2.75) is 26.5 Å². The minimum Gasteiger partial charge on any atom is -0.497 e. The minimum absolute atomic E-state index is 0.170. The molecule has 0 saturated heterocycles. The fourth-order valence-corrected chi connectivity index (χ4v) is 6.10. The van der Waals surface area contributed by atoms with E-state index in [4.69, 9.17) is 35.3 Å². The summed E-state index contributed by atoms with van der Waals surface area (Å²) in [7, 11) is 4.64. The second kappa shape index (κ2) is 13.4. The van der Waals surface area contributed by atoms with Gasteiger partial charge in [-0.15, -0.1) is 0 Å². The molecule has 0 saturated carbocycles. The van der Waals surface area contributed by atoms with Gasteiger partial charge in [0.1, 0.15) is 24.1 Å². The molecule has 0 N–H and O–H groups in total. The van der Waals surface area contributed by atoms with Crippen LogP contribution < -0.4 is 33.8 Å². The molecule has 0 spiro atoms. The molecule has 0 radical (unpaired) electrons. The Balaban J connectivity index is 1.59. The highest BCUT2D eigenvalue weighted by atomic mass is 35.5. The number of fused-ring (bicyclic) bond motifs is 1. The number of ether oxygens (including phenoxy) is 5. The molecule has 11 heteroatoms. The van der Waals surface area contributed by atoms with Crippen LogP contribution in [0.3, 0.4) is 0 Å². The van der Waals surface area contributed by atoms with Crippen LogP contribution >= 0.6 is 22.9 Å². The van der Waals surface area contributed by atoms with Gasteiger partial charge in [0.05, 0.1) is 43.7 Å². The Morgan fingerprint density at radius 1 is 0.977 bits per heavy atom. The topological polar surface area (TPSA) is 97.6 Å². The maximum Gasteiger partial charge on any atom is 0.338 e. The van der Waals surface area contributed by atoms with E-state index in [1.165, 1.54) is 23.0 Å². The minimum atomic E-state index is -0.851. The van der Waals surface area contributed by atoms with Crippen molar-refractivity contribution in [3.8, 4) is 23.0 Å². The summed E-state index contributed by atoms with van der Waals surface area (Å²) < 4.78 is 30.0. The first-order chi connectivity index (χ1) is 21.3. The average molecular weight is 635 g/mol. The van der Waals surface area contributed by atoms with Crippen LogP contribution in [0.25, 0.3) is 6.08 Å². The molecule has 1 aliphatic rings. The molecular formula is C33H31ClN2O7S. The quantitative estimate of drug-likeness (QED) is 0.225. The molecule has 1 aromatic heterocycles. The predicted octanol–water partition coefficient (Wildman–Crippen LogP) is 5.06. The summed E-state index contributed by atoms with van der Waals surface area (Å²) in [5.41, 5.74) is 2.64. The second-order valence-electron chi connectivity index (χ2n) is 9.74. The number of halogens is 1. The molecule has 5 rings (SSSR count). The van der Waals surface area contributed by atoms with Gasteiger partial charge < -0.3 is 23.7 Å². The third-order valence-electron chi connectivity index (χ3n) is 7.04. The number of aromatic nitrogens is 1. The molecule has 1 aliphatic heterocycles. The van der Waals surface area contributed by atoms with Crippen molar-refractivity contribution in [2.75, 3.05) is 27.9 Å². The number of carbonyl (C=O) groups excluding carboxylic acids is 1. The maximum atomic E-state index is 14.1. The average Bonchev–Trinajstić information content (AvgIpc) is 3.33. The SMILES string of the molecule is CCOC(=O)C1=C(C)N=c2s/c(=C/c3ccc(OCc4ccc(Cl)cc4)c(OC)c3)c(=O)n2[C@@H]1c1cc(OC)ccc1OC. The third kappa shape index (κ3) is 6.22. The first-order valence-electron chi connectivity index (χ1n) is 13.7. The number of thiazole rings is 1. The van der Waals surface area contributed by atoms with Gasteiger partial charge in [-0.05, 0) is 73.5 Å². The zero-order chi connectivity index (χ0) is 31.4. The monoisotopic (exact) mass is 634 g/mol. The Labute approximate surface area is 263 Å². The van der Waals surface area contributed by atoms with Gasteiger partial charge in [-0.2, -0.15) is 0 Å². The number of rotatable bonds is 10. The lowest BCUT2D eigenvalue weighted by atomic mass is 9.94. The van der Waals surface area contributed by atoms with Crippen molar-refractivity contribution >= 4 is 35.0 Å². The fourth-order valence-electron chi connectivity index (χ4n) is 4.93. The van der Waals surface area contributed by atoms with E-state index >= 15 is 0 Å². The fraction of sp³-hybridized carbons (Fsp3) is 0.242. The number of allylic oxidation sites excluding steroid dienone is 1. The number of benzene rings is 3. The third-order valence-corrected chi connectivity index (χ3v) is 8.28. The van der Waals surface area contributed by atoms with Gasteiger partial charge in [0, 0.05) is 10.6 Å². The number of carbonyl (C=O) groups is 1. The summed E-state index contributed by atoms with van der Waals surface area (Å²) in [5, 5.41) is 0.655. The summed E-state index contributed by atoms with van der Waals surface area (Å²) in [5.74, 6) is 1.55. The van der Waals surface area contributed by atoms with Gasteiger partial charge in [0.15, 0.2) is 16.3 Å². The second-order valence-corrected chi connectivity index (χ2v) is 11.2. The zero-order valence-electron chi connectivity index (χ0n) is 24.9. The Morgan fingerprint density at radius 3 is 2.39 bits per heavy atom. The molecule has 2 heterocycles. The van der Waals surface area contributed by atoms with Crippen LogP contribution in [0.5, 0.6) is 23.0 Å². The van der Waals surface area contributed by atoms with Crippen LogP contribution in [-0.2, 0) is 16.1 Å². The molecule has 228 valence electrons. The van der Waals surface area contributed by atoms with E-state index in [2.05, 4.69) is 4.99 Å². The Bertz CT molecular complexity index is 1910. The molecular weight excluding hydrogens is 604 g/mol. The Morgan fingerprint density at radius 2 is 1.70 bits per heavy atom. The highest BCUT2D eigenvalue weighted by Crippen LogP contribution is 2.38. The lowest BCUT2D eigenvalue weighted by Gasteiger charge is -2.26. The van der Waals surface area contributed by atoms with Crippen LogP contribution in [0.15, 0.2) is 81.7 Å². The lowest BCUT2D eigenvalue weighted by Crippen LogP contribution is -2.40. The van der Waals surface area contributed by atoms with Gasteiger partial charge in [0.2, 0.25) is 0 Å². The summed E-state index contributed by atoms with van der Waals surface area (Å²) in [6.45, 7) is 3.97. The standard InChI is InChI=1S/C33H31ClN2O7S/c1-6-42-32(38)29-19(2)35-33-36(30(29)24-17-23(39-3)12-14-25(24)40-4)31(37)28(44-33)16-21-9-13-26(27(15-21)41-5)43-18-20-7-10-22(34)11-8-20/h7-17,30H,6,18H2,1-5H3/b28-16+/t30-/m1/s1. The van der Waals surface area contributed by atoms with Gasteiger partial charge in [-0.1, -0.05) is 41.1 Å². The van der Waals surface area contributed by atoms with Crippen LogP contribution in [0.4, 0.5) is 0 Å². The molecule has 0 fully saturated rings. The van der Waals surface area contributed by atoms with Crippen molar-refractivity contribution < 1.29 is 28.5 Å². The molecule has 0 aliphatic carbocycles. The van der Waals surface area contributed by atoms with E-state index in [0.29, 0.717) is 55.2 Å². The first kappa shape index (κ1) is 30.9. The van der Waals surface area contributed by atoms with Crippen molar-refractivity contribution in [2.24, 2.45) is 4.99 Å². The van der Waals surface area contributed by atoms with Crippen molar-refractivity contribution in [3.05, 3.63) is 113 Å². The van der Waals surface area contributed by atoms with Crippen LogP contribution in [-0.4, -0.2) is 38.5 Å². The van der Waals surface area contributed by atoms with Crippen LogP contribution in [0.1, 0.15) is 36.6 Å². The normalized spacial score (nSPS) is 14.5. The van der Waals surface area contributed by atoms with Gasteiger partial charge in [0.25, 0.3) is 5.56 Å². The predicted molar refractivity (Wildman–Crippen MR) is 169 cm³/mol. The lowest BCUT2D eigenvalue weighted by molar-refractivity contribution is -0.139. The van der Waals surface area contributed by atoms with E-state index in [1.54, 1.807) is 64.5 Å². The zero-order valence-corrected chi connectivity index (χ0v) is 26.5. The first-order valence-corrected chi connectivity index (χ1v) is 14.9. The number of methoxy groups -OCH3 is 3. The van der Waals surface area contributed by atoms with Gasteiger partial charge in [-0.25, -0.2) is 9.79 Å². The van der Waals surface area contributed by atoms with E-state index in [-0.39, 0.29) is 17.7 Å². The summed E-state index contributed by atoms with van der Waals surface area (Å²) >= 11 is 7.21. The maximum absolute atomic E-state index is 14.1. The highest BCUT2D eigenvalue weighted by Gasteiger charge is 2.35. The molecule has 1 atom stereocenters. The highest BCUT2D eigenvalue weighted by molar-refractivity contribution is 7.07. The van der Waals surface area contributed by atoms with Crippen LogP contribution in [0.2, 0.25) is 5.02 Å². The van der Waals surface area contributed by atoms with Crippen molar-refractivity contribution in [1.29, 1.82) is 0 Å². The van der Waals surface area contributed by atoms with Gasteiger partial charge in [-0.3, -0.25) is 9.36 Å². The van der Waals surface area contributed by atoms with E-state index < -0.39 is 12.0 Å². The molecule has 0 bridgehead atoms. The summed E-state index contributed by atoms with van der Waals surface area (Å²) in [6.07, 6.45) is 1.76. The molecule has 4 aromatic rings. The smallest absolute Gasteiger partial charge is 0.338 e. The van der Waals surface area contributed by atoms with E-state index in [1.807, 2.05) is 30.3 Å². The molecule has 9 nitrogen and oxygen atoms in total. The molecule has 44 heavy (non-hydrogen) atoms. The number of esters is 1. The van der Waals surface area contributed by atoms with Crippen molar-refractivity contribution in [1.82, 2.24) is 4.57 Å². The molecule has 0 unspecified atom stereocenters. The van der Waals surface area contributed by atoms with Crippen LogP contribution in [0, 0.1) is 0 Å². The van der Waals surface area contributed by atoms with E-state index in [9.17, 15) is 9.59 Å². The van der Waals surface area contributed by atoms with Crippen molar-refractivity contribution in [3.63, 3.8) is 0 Å². The van der Waals surface area contributed by atoms with E-state index in [0.717, 1.165) is 11.1 Å².